The van der Waals surface area contributed by atoms with Gasteiger partial charge in [-0.15, -0.1) is 11.3 Å². The van der Waals surface area contributed by atoms with E-state index in [1.165, 1.54) is 0 Å². The van der Waals surface area contributed by atoms with Crippen molar-refractivity contribution in [2.24, 2.45) is 0 Å². The molecule has 4 nitrogen and oxygen atoms in total. The molecule has 0 aliphatic carbocycles. The molecule has 0 saturated heterocycles. The number of nitrogens with zero attached hydrogens (tertiary/aromatic N) is 1. The van der Waals surface area contributed by atoms with Crippen LogP contribution in [0.2, 0.25) is 0 Å². The van der Waals surface area contributed by atoms with Gasteiger partial charge in [0.1, 0.15) is 0 Å². The maximum Gasteiger partial charge on any atom is 0.225 e. The SMILES string of the molecule is CCCN(CCNC(=O)Cc1cccs1)C(C)=O. The molecule has 0 bridgehead atoms. The predicted molar refractivity (Wildman–Crippen MR) is 73.6 cm³/mol. The lowest BCUT2D eigenvalue weighted by Gasteiger charge is -2.20. The van der Waals surface area contributed by atoms with E-state index in [1.54, 1.807) is 23.2 Å². The van der Waals surface area contributed by atoms with Crippen molar-refractivity contribution in [2.75, 3.05) is 19.6 Å². The van der Waals surface area contributed by atoms with E-state index in [0.29, 0.717) is 19.5 Å². The van der Waals surface area contributed by atoms with Crippen LogP contribution in [0.5, 0.6) is 0 Å². The average molecular weight is 268 g/mol. The highest BCUT2D eigenvalue weighted by molar-refractivity contribution is 7.10. The number of nitrogens with one attached hydrogen (secondary N) is 1. The molecular weight excluding hydrogens is 248 g/mol. The zero-order valence-corrected chi connectivity index (χ0v) is 11.8. The fraction of sp³-hybridized carbons (Fsp3) is 0.538. The molecule has 1 heterocycles. The first-order valence-corrected chi connectivity index (χ1v) is 7.06. The van der Waals surface area contributed by atoms with Gasteiger partial charge in [-0.2, -0.15) is 0 Å². The van der Waals surface area contributed by atoms with Crippen LogP contribution in [0.15, 0.2) is 17.5 Å². The Morgan fingerprint density at radius 1 is 1.39 bits per heavy atom. The summed E-state index contributed by atoms with van der Waals surface area (Å²) in [5.41, 5.74) is 0. The average Bonchev–Trinajstić information content (AvgIpc) is 2.80. The molecule has 0 aliphatic heterocycles. The minimum Gasteiger partial charge on any atom is -0.354 e. The lowest BCUT2D eigenvalue weighted by molar-refractivity contribution is -0.129. The molecule has 5 heteroatoms. The van der Waals surface area contributed by atoms with E-state index in [-0.39, 0.29) is 11.8 Å². The van der Waals surface area contributed by atoms with E-state index in [0.717, 1.165) is 17.8 Å². The predicted octanol–water partition coefficient (Wildman–Crippen LogP) is 1.67. The van der Waals surface area contributed by atoms with Crippen molar-refractivity contribution >= 4 is 23.2 Å². The van der Waals surface area contributed by atoms with Crippen molar-refractivity contribution in [3.05, 3.63) is 22.4 Å². The van der Waals surface area contributed by atoms with Crippen LogP contribution in [-0.2, 0) is 16.0 Å². The third kappa shape index (κ3) is 5.31. The molecule has 0 radical (unpaired) electrons. The second kappa shape index (κ2) is 7.87. The molecule has 0 aromatic carbocycles. The summed E-state index contributed by atoms with van der Waals surface area (Å²) >= 11 is 1.58. The molecule has 2 amide bonds. The number of hydrogen-bond donors (Lipinski definition) is 1. The summed E-state index contributed by atoms with van der Waals surface area (Å²) in [4.78, 5) is 25.7. The Bertz CT molecular complexity index is 376. The molecule has 1 aromatic rings. The van der Waals surface area contributed by atoms with Gasteiger partial charge in [0.05, 0.1) is 6.42 Å². The van der Waals surface area contributed by atoms with Crippen LogP contribution in [0.25, 0.3) is 0 Å². The number of rotatable bonds is 7. The lowest BCUT2D eigenvalue weighted by atomic mass is 10.3. The second-order valence-corrected chi connectivity index (χ2v) is 5.14. The smallest absolute Gasteiger partial charge is 0.225 e. The molecular formula is C13H20N2O2S. The number of hydrogen-bond acceptors (Lipinski definition) is 3. The molecule has 0 fully saturated rings. The number of carbonyl (C=O) groups excluding carboxylic acids is 2. The van der Waals surface area contributed by atoms with Gasteiger partial charge in [-0.1, -0.05) is 13.0 Å². The lowest BCUT2D eigenvalue weighted by Crippen LogP contribution is -2.38. The quantitative estimate of drug-likeness (QED) is 0.817. The zero-order valence-electron chi connectivity index (χ0n) is 10.9. The van der Waals surface area contributed by atoms with Crippen molar-refractivity contribution in [3.63, 3.8) is 0 Å². The Labute approximate surface area is 112 Å². The van der Waals surface area contributed by atoms with Gasteiger partial charge < -0.3 is 10.2 Å². The second-order valence-electron chi connectivity index (χ2n) is 4.11. The Morgan fingerprint density at radius 2 is 2.17 bits per heavy atom. The summed E-state index contributed by atoms with van der Waals surface area (Å²) in [5.74, 6) is 0.0711. The molecule has 100 valence electrons. The molecule has 0 atom stereocenters. The van der Waals surface area contributed by atoms with Crippen molar-refractivity contribution in [1.29, 1.82) is 0 Å². The number of amides is 2. The summed E-state index contributed by atoms with van der Waals surface area (Å²) in [5, 5.41) is 4.80. The summed E-state index contributed by atoms with van der Waals surface area (Å²) in [6.45, 7) is 5.44. The van der Waals surface area contributed by atoms with Crippen molar-refractivity contribution in [3.8, 4) is 0 Å². The Balaban J connectivity index is 2.23. The maximum absolute atomic E-state index is 11.6. The van der Waals surface area contributed by atoms with Crippen LogP contribution in [0.3, 0.4) is 0 Å². The van der Waals surface area contributed by atoms with Gasteiger partial charge >= 0.3 is 0 Å². The van der Waals surface area contributed by atoms with E-state index >= 15 is 0 Å². The fourth-order valence-corrected chi connectivity index (χ4v) is 2.36. The highest BCUT2D eigenvalue weighted by atomic mass is 32.1. The third-order valence-electron chi connectivity index (χ3n) is 2.56. The van der Waals surface area contributed by atoms with Gasteiger partial charge in [-0.25, -0.2) is 0 Å². The van der Waals surface area contributed by atoms with Gasteiger partial charge in [0, 0.05) is 31.4 Å². The fourth-order valence-electron chi connectivity index (χ4n) is 1.66. The highest BCUT2D eigenvalue weighted by Crippen LogP contribution is 2.08. The van der Waals surface area contributed by atoms with E-state index in [4.69, 9.17) is 0 Å². The van der Waals surface area contributed by atoms with Crippen LogP contribution in [0.1, 0.15) is 25.1 Å². The number of thiophene rings is 1. The molecule has 0 spiro atoms. The normalized spacial score (nSPS) is 10.1. The minimum atomic E-state index is 0.0115. The number of carbonyl (C=O) groups is 2. The Hall–Kier alpha value is -1.36. The summed E-state index contributed by atoms with van der Waals surface area (Å²) < 4.78 is 0. The Kier molecular flexibility index (Phi) is 6.43. The monoisotopic (exact) mass is 268 g/mol. The van der Waals surface area contributed by atoms with Crippen LogP contribution in [-0.4, -0.2) is 36.3 Å². The molecule has 1 aromatic heterocycles. The van der Waals surface area contributed by atoms with Gasteiger partial charge in [-0.05, 0) is 17.9 Å². The van der Waals surface area contributed by atoms with E-state index in [2.05, 4.69) is 5.32 Å². The van der Waals surface area contributed by atoms with E-state index in [1.807, 2.05) is 24.4 Å². The van der Waals surface area contributed by atoms with Crippen molar-refractivity contribution in [2.45, 2.75) is 26.7 Å². The first-order chi connectivity index (χ1) is 8.63. The van der Waals surface area contributed by atoms with Gasteiger partial charge in [0.2, 0.25) is 11.8 Å². The van der Waals surface area contributed by atoms with Crippen LogP contribution in [0.4, 0.5) is 0 Å². The van der Waals surface area contributed by atoms with E-state index in [9.17, 15) is 9.59 Å². The van der Waals surface area contributed by atoms with Gasteiger partial charge in [-0.3, -0.25) is 9.59 Å². The molecule has 1 N–H and O–H groups in total. The standard InChI is InChI=1S/C13H20N2O2S/c1-3-7-15(11(2)16)8-6-14-13(17)10-12-5-4-9-18-12/h4-5,9H,3,6-8,10H2,1-2H3,(H,14,17). The molecule has 0 aliphatic rings. The first-order valence-electron chi connectivity index (χ1n) is 6.18. The minimum absolute atomic E-state index is 0.0115. The zero-order chi connectivity index (χ0) is 13.4. The Morgan fingerprint density at radius 3 is 2.72 bits per heavy atom. The third-order valence-corrected chi connectivity index (χ3v) is 3.43. The molecule has 0 unspecified atom stereocenters. The summed E-state index contributed by atoms with van der Waals surface area (Å²) in [6.07, 6.45) is 1.36. The van der Waals surface area contributed by atoms with Crippen LogP contribution < -0.4 is 5.32 Å². The first kappa shape index (κ1) is 14.7. The van der Waals surface area contributed by atoms with Crippen LogP contribution >= 0.6 is 11.3 Å². The van der Waals surface area contributed by atoms with Gasteiger partial charge in [0.15, 0.2) is 0 Å². The topological polar surface area (TPSA) is 49.4 Å². The van der Waals surface area contributed by atoms with Gasteiger partial charge in [0.25, 0.3) is 0 Å². The summed E-state index contributed by atoms with van der Waals surface area (Å²) in [7, 11) is 0. The van der Waals surface area contributed by atoms with Crippen molar-refractivity contribution in [1.82, 2.24) is 10.2 Å². The summed E-state index contributed by atoms with van der Waals surface area (Å²) in [6, 6.07) is 3.88. The molecule has 1 rings (SSSR count). The highest BCUT2D eigenvalue weighted by Gasteiger charge is 2.08. The molecule has 0 saturated carbocycles. The maximum atomic E-state index is 11.6. The van der Waals surface area contributed by atoms with E-state index < -0.39 is 0 Å². The van der Waals surface area contributed by atoms with Crippen molar-refractivity contribution < 1.29 is 9.59 Å². The molecule has 18 heavy (non-hydrogen) atoms. The largest absolute Gasteiger partial charge is 0.354 e. The van der Waals surface area contributed by atoms with Crippen LogP contribution in [0, 0.1) is 0 Å².